The van der Waals surface area contributed by atoms with Gasteiger partial charge in [0.05, 0.1) is 11.4 Å². The van der Waals surface area contributed by atoms with Gasteiger partial charge in [-0.05, 0) is 44.1 Å². The highest BCUT2D eigenvalue weighted by Crippen LogP contribution is 2.20. The van der Waals surface area contributed by atoms with Gasteiger partial charge in [-0.15, -0.1) is 0 Å². The summed E-state index contributed by atoms with van der Waals surface area (Å²) in [5.41, 5.74) is 8.16. The molecule has 0 saturated carbocycles. The van der Waals surface area contributed by atoms with E-state index in [9.17, 15) is 4.79 Å². The summed E-state index contributed by atoms with van der Waals surface area (Å²) in [6, 6.07) is 5.44. The lowest BCUT2D eigenvalue weighted by atomic mass is 10.1. The highest BCUT2D eigenvalue weighted by molar-refractivity contribution is 5.95. The fourth-order valence-corrected chi connectivity index (χ4v) is 2.47. The summed E-state index contributed by atoms with van der Waals surface area (Å²) in [7, 11) is 3.47. The summed E-state index contributed by atoms with van der Waals surface area (Å²) in [6.07, 6.45) is 2.62. The Morgan fingerprint density at radius 1 is 1.35 bits per heavy atom. The molecule has 0 spiro atoms. The van der Waals surface area contributed by atoms with Gasteiger partial charge in [0.15, 0.2) is 0 Å². The molecule has 0 aromatic heterocycles. The third-order valence-corrected chi connectivity index (χ3v) is 3.65. The fourth-order valence-electron chi connectivity index (χ4n) is 2.47. The topological polar surface area (TPSA) is 61.6 Å². The number of carbonyl (C=O) groups excluding carboxylic acids is 1. The second kappa shape index (κ2) is 6.61. The zero-order chi connectivity index (χ0) is 14.5. The number of amides is 1. The monoisotopic (exact) mass is 276 g/mol. The molecule has 1 heterocycles. The number of rotatable bonds is 5. The van der Waals surface area contributed by atoms with Gasteiger partial charge in [-0.25, -0.2) is 0 Å². The van der Waals surface area contributed by atoms with Crippen molar-refractivity contribution in [3.63, 3.8) is 0 Å². The standard InChI is InChI=1S/C15H24N4O/c1-18(2)15(20)12-5-6-14(13(16)11-12)17-7-10-19-8-3-4-9-19/h5-6,11,17H,3-4,7-10,16H2,1-2H3. The molecule has 0 unspecified atom stereocenters. The lowest BCUT2D eigenvalue weighted by Gasteiger charge is -2.17. The molecule has 1 aromatic rings. The number of nitrogens with one attached hydrogen (secondary N) is 1. The predicted octanol–water partition coefficient (Wildman–Crippen LogP) is 1.48. The van der Waals surface area contributed by atoms with Crippen LogP contribution >= 0.6 is 0 Å². The van der Waals surface area contributed by atoms with Crippen molar-refractivity contribution in [2.75, 3.05) is 51.3 Å². The maximum atomic E-state index is 11.8. The lowest BCUT2D eigenvalue weighted by Crippen LogP contribution is -2.26. The molecule has 5 heteroatoms. The number of anilines is 2. The van der Waals surface area contributed by atoms with Crippen molar-refractivity contribution in [1.29, 1.82) is 0 Å². The van der Waals surface area contributed by atoms with Crippen molar-refractivity contribution in [2.24, 2.45) is 0 Å². The van der Waals surface area contributed by atoms with Crippen molar-refractivity contribution in [3.8, 4) is 0 Å². The first-order valence-electron chi connectivity index (χ1n) is 7.15. The van der Waals surface area contributed by atoms with Crippen LogP contribution in [0.5, 0.6) is 0 Å². The average molecular weight is 276 g/mol. The maximum absolute atomic E-state index is 11.8. The van der Waals surface area contributed by atoms with Gasteiger partial charge in [-0.3, -0.25) is 4.79 Å². The molecular formula is C15H24N4O. The number of nitrogen functional groups attached to an aromatic ring is 1. The molecule has 20 heavy (non-hydrogen) atoms. The molecule has 1 aliphatic heterocycles. The number of benzene rings is 1. The highest BCUT2D eigenvalue weighted by atomic mass is 16.2. The summed E-state index contributed by atoms with van der Waals surface area (Å²) < 4.78 is 0. The van der Waals surface area contributed by atoms with Crippen LogP contribution in [0.15, 0.2) is 18.2 Å². The fraction of sp³-hybridized carbons (Fsp3) is 0.533. The molecular weight excluding hydrogens is 252 g/mol. The van der Waals surface area contributed by atoms with E-state index in [1.54, 1.807) is 25.1 Å². The van der Waals surface area contributed by atoms with E-state index in [-0.39, 0.29) is 5.91 Å². The van der Waals surface area contributed by atoms with Gasteiger partial charge in [0, 0.05) is 32.7 Å². The number of nitrogens with two attached hydrogens (primary N) is 1. The van der Waals surface area contributed by atoms with E-state index in [0.717, 1.165) is 18.8 Å². The zero-order valence-corrected chi connectivity index (χ0v) is 12.4. The Morgan fingerprint density at radius 2 is 2.05 bits per heavy atom. The zero-order valence-electron chi connectivity index (χ0n) is 12.4. The largest absolute Gasteiger partial charge is 0.397 e. The summed E-state index contributed by atoms with van der Waals surface area (Å²) in [6.45, 7) is 4.32. The Morgan fingerprint density at radius 3 is 2.65 bits per heavy atom. The van der Waals surface area contributed by atoms with Crippen molar-refractivity contribution in [2.45, 2.75) is 12.8 Å². The van der Waals surface area contributed by atoms with Crippen molar-refractivity contribution in [1.82, 2.24) is 9.80 Å². The molecule has 0 bridgehead atoms. The Hall–Kier alpha value is -1.75. The smallest absolute Gasteiger partial charge is 0.253 e. The molecule has 2 rings (SSSR count). The molecule has 5 nitrogen and oxygen atoms in total. The number of carbonyl (C=O) groups is 1. The van der Waals surface area contributed by atoms with E-state index in [1.807, 2.05) is 12.1 Å². The molecule has 1 aliphatic rings. The third kappa shape index (κ3) is 3.63. The molecule has 110 valence electrons. The molecule has 0 radical (unpaired) electrons. The van der Waals surface area contributed by atoms with Crippen LogP contribution in [0.4, 0.5) is 11.4 Å². The third-order valence-electron chi connectivity index (χ3n) is 3.65. The minimum absolute atomic E-state index is 0.0275. The second-order valence-corrected chi connectivity index (χ2v) is 5.48. The van der Waals surface area contributed by atoms with Crippen LogP contribution in [0.25, 0.3) is 0 Å². The van der Waals surface area contributed by atoms with Crippen LogP contribution in [-0.2, 0) is 0 Å². The molecule has 1 fully saturated rings. The first-order chi connectivity index (χ1) is 9.58. The quantitative estimate of drug-likeness (QED) is 0.800. The summed E-state index contributed by atoms with van der Waals surface area (Å²) in [5, 5.41) is 3.34. The normalized spacial score (nSPS) is 15.3. The predicted molar refractivity (Wildman–Crippen MR) is 83.0 cm³/mol. The van der Waals surface area contributed by atoms with Crippen LogP contribution in [0.1, 0.15) is 23.2 Å². The van der Waals surface area contributed by atoms with E-state index in [4.69, 9.17) is 5.73 Å². The van der Waals surface area contributed by atoms with Crippen molar-refractivity contribution < 1.29 is 4.79 Å². The van der Waals surface area contributed by atoms with E-state index in [0.29, 0.717) is 11.3 Å². The second-order valence-electron chi connectivity index (χ2n) is 5.48. The minimum atomic E-state index is -0.0275. The summed E-state index contributed by atoms with van der Waals surface area (Å²) in [4.78, 5) is 15.8. The number of likely N-dealkylation sites (tertiary alicyclic amines) is 1. The van der Waals surface area contributed by atoms with Gasteiger partial charge in [0.2, 0.25) is 0 Å². The van der Waals surface area contributed by atoms with Gasteiger partial charge in [-0.1, -0.05) is 0 Å². The number of nitrogens with zero attached hydrogens (tertiary/aromatic N) is 2. The Labute approximate surface area is 120 Å². The summed E-state index contributed by atoms with van der Waals surface area (Å²) >= 11 is 0. The van der Waals surface area contributed by atoms with Crippen LogP contribution in [0, 0.1) is 0 Å². The Kier molecular flexibility index (Phi) is 4.84. The Balaban J connectivity index is 1.90. The van der Waals surface area contributed by atoms with E-state index in [2.05, 4.69) is 10.2 Å². The molecule has 1 amide bonds. The van der Waals surface area contributed by atoms with Gasteiger partial charge < -0.3 is 20.9 Å². The SMILES string of the molecule is CN(C)C(=O)c1ccc(NCCN2CCCC2)c(N)c1. The van der Waals surface area contributed by atoms with Crippen LogP contribution in [-0.4, -0.2) is 56.0 Å². The molecule has 0 aliphatic carbocycles. The van der Waals surface area contributed by atoms with Crippen LogP contribution in [0.2, 0.25) is 0 Å². The summed E-state index contributed by atoms with van der Waals surface area (Å²) in [5.74, 6) is -0.0275. The first kappa shape index (κ1) is 14.7. The lowest BCUT2D eigenvalue weighted by molar-refractivity contribution is 0.0827. The number of hydrogen-bond acceptors (Lipinski definition) is 4. The van der Waals surface area contributed by atoms with Crippen LogP contribution in [0.3, 0.4) is 0 Å². The Bertz CT molecular complexity index is 467. The van der Waals surface area contributed by atoms with Gasteiger partial charge in [-0.2, -0.15) is 0 Å². The molecule has 3 N–H and O–H groups in total. The van der Waals surface area contributed by atoms with Gasteiger partial charge in [0.25, 0.3) is 5.91 Å². The molecule has 0 atom stereocenters. The first-order valence-corrected chi connectivity index (χ1v) is 7.15. The van der Waals surface area contributed by atoms with E-state index >= 15 is 0 Å². The van der Waals surface area contributed by atoms with Crippen molar-refractivity contribution >= 4 is 17.3 Å². The maximum Gasteiger partial charge on any atom is 0.253 e. The van der Waals surface area contributed by atoms with Gasteiger partial charge in [0.1, 0.15) is 0 Å². The highest BCUT2D eigenvalue weighted by Gasteiger charge is 2.12. The van der Waals surface area contributed by atoms with E-state index < -0.39 is 0 Å². The van der Waals surface area contributed by atoms with Crippen molar-refractivity contribution in [3.05, 3.63) is 23.8 Å². The molecule has 1 saturated heterocycles. The van der Waals surface area contributed by atoms with Gasteiger partial charge >= 0.3 is 0 Å². The van der Waals surface area contributed by atoms with Crippen LogP contribution < -0.4 is 11.1 Å². The molecule has 1 aromatic carbocycles. The number of hydrogen-bond donors (Lipinski definition) is 2. The average Bonchev–Trinajstić information content (AvgIpc) is 2.92. The van der Waals surface area contributed by atoms with E-state index in [1.165, 1.54) is 25.9 Å². The minimum Gasteiger partial charge on any atom is -0.397 e.